The van der Waals surface area contributed by atoms with Crippen molar-refractivity contribution in [2.75, 3.05) is 26.2 Å². The smallest absolute Gasteiger partial charge is 0.251 e. The fourth-order valence-electron chi connectivity index (χ4n) is 4.68. The summed E-state index contributed by atoms with van der Waals surface area (Å²) in [6.45, 7) is 3.64. The Morgan fingerprint density at radius 1 is 1.22 bits per heavy atom. The van der Waals surface area contributed by atoms with Crippen LogP contribution in [-0.4, -0.2) is 58.9 Å². The van der Waals surface area contributed by atoms with Gasteiger partial charge in [0.05, 0.1) is 12.2 Å². The van der Waals surface area contributed by atoms with Crippen LogP contribution < -0.4 is 0 Å². The van der Waals surface area contributed by atoms with Gasteiger partial charge in [-0.1, -0.05) is 6.07 Å². The van der Waals surface area contributed by atoms with E-state index in [-0.39, 0.29) is 23.3 Å². The number of likely N-dealkylation sites (tertiary alicyclic amines) is 2. The summed E-state index contributed by atoms with van der Waals surface area (Å²) in [7, 11) is 0. The molecule has 3 aliphatic rings. The van der Waals surface area contributed by atoms with Gasteiger partial charge in [-0.15, -0.1) is 0 Å². The lowest BCUT2D eigenvalue weighted by Crippen LogP contribution is -2.53. The second kappa shape index (κ2) is 7.97. The molecule has 0 bridgehead atoms. The molecular formula is C21H29N3O3. The highest BCUT2D eigenvalue weighted by molar-refractivity contribution is 5.81. The summed E-state index contributed by atoms with van der Waals surface area (Å²) < 4.78 is 5.68. The van der Waals surface area contributed by atoms with Crippen molar-refractivity contribution in [3.63, 3.8) is 0 Å². The molecule has 0 radical (unpaired) electrons. The number of piperidine rings is 2. The standard InChI is InChI=1S/C21H29N3O3/c25-19-7-8-21(16-24(19)15-17-5-1-3-11-22-17)9-12-23(13-10-21)20(26)18-6-2-4-14-27-18/h1,3,5,11,18H,2,4,6-10,12-16H2/t18-/m0/s1. The average molecular weight is 371 g/mol. The van der Waals surface area contributed by atoms with Gasteiger partial charge in [0.2, 0.25) is 5.91 Å². The number of hydrogen-bond donors (Lipinski definition) is 0. The van der Waals surface area contributed by atoms with E-state index < -0.39 is 0 Å². The first-order chi connectivity index (χ1) is 13.2. The molecule has 6 nitrogen and oxygen atoms in total. The van der Waals surface area contributed by atoms with Crippen molar-refractivity contribution in [1.82, 2.24) is 14.8 Å². The average Bonchev–Trinajstić information content (AvgIpc) is 2.72. The van der Waals surface area contributed by atoms with Gasteiger partial charge in [0.15, 0.2) is 0 Å². The molecular weight excluding hydrogens is 342 g/mol. The number of ether oxygens (including phenoxy) is 1. The molecule has 0 saturated carbocycles. The highest BCUT2D eigenvalue weighted by Crippen LogP contribution is 2.40. The first-order valence-corrected chi connectivity index (χ1v) is 10.2. The molecule has 6 heteroatoms. The second-order valence-electron chi connectivity index (χ2n) is 8.25. The lowest BCUT2D eigenvalue weighted by Gasteiger charge is -2.47. The molecule has 4 rings (SSSR count). The van der Waals surface area contributed by atoms with Gasteiger partial charge < -0.3 is 14.5 Å². The second-order valence-corrected chi connectivity index (χ2v) is 8.25. The van der Waals surface area contributed by atoms with Gasteiger partial charge in [-0.2, -0.15) is 0 Å². The third-order valence-corrected chi connectivity index (χ3v) is 6.42. The number of rotatable bonds is 3. The van der Waals surface area contributed by atoms with Crippen LogP contribution in [-0.2, 0) is 20.9 Å². The third kappa shape index (κ3) is 4.15. The van der Waals surface area contributed by atoms with Crippen molar-refractivity contribution in [2.45, 2.75) is 57.6 Å². The molecule has 2 amide bonds. The van der Waals surface area contributed by atoms with Crippen molar-refractivity contribution in [2.24, 2.45) is 5.41 Å². The summed E-state index contributed by atoms with van der Waals surface area (Å²) in [5.41, 5.74) is 1.08. The van der Waals surface area contributed by atoms with Crippen LogP contribution in [0, 0.1) is 5.41 Å². The minimum atomic E-state index is -0.235. The molecule has 0 N–H and O–H groups in total. The van der Waals surface area contributed by atoms with Crippen molar-refractivity contribution in [3.8, 4) is 0 Å². The summed E-state index contributed by atoms with van der Waals surface area (Å²) in [5, 5.41) is 0. The van der Waals surface area contributed by atoms with Crippen LogP contribution in [0.15, 0.2) is 24.4 Å². The van der Waals surface area contributed by atoms with Crippen LogP contribution in [0.3, 0.4) is 0 Å². The van der Waals surface area contributed by atoms with Crippen molar-refractivity contribution in [3.05, 3.63) is 30.1 Å². The Labute approximate surface area is 160 Å². The Kier molecular flexibility index (Phi) is 5.43. The highest BCUT2D eigenvalue weighted by atomic mass is 16.5. The van der Waals surface area contributed by atoms with Gasteiger partial charge in [-0.25, -0.2) is 0 Å². The fraction of sp³-hybridized carbons (Fsp3) is 0.667. The van der Waals surface area contributed by atoms with Gasteiger partial charge in [0.1, 0.15) is 6.10 Å². The van der Waals surface area contributed by atoms with E-state index in [2.05, 4.69) is 4.98 Å². The number of pyridine rings is 1. The minimum absolute atomic E-state index is 0.146. The summed E-state index contributed by atoms with van der Waals surface area (Å²) in [6, 6.07) is 5.83. The van der Waals surface area contributed by atoms with E-state index in [1.807, 2.05) is 28.0 Å². The van der Waals surface area contributed by atoms with E-state index in [1.165, 1.54) is 0 Å². The van der Waals surface area contributed by atoms with Crippen LogP contribution in [0.4, 0.5) is 0 Å². The Morgan fingerprint density at radius 3 is 2.78 bits per heavy atom. The number of nitrogens with zero attached hydrogens (tertiary/aromatic N) is 3. The van der Waals surface area contributed by atoms with E-state index in [9.17, 15) is 9.59 Å². The van der Waals surface area contributed by atoms with Crippen LogP contribution >= 0.6 is 0 Å². The van der Waals surface area contributed by atoms with E-state index >= 15 is 0 Å². The Bertz CT molecular complexity index is 665. The van der Waals surface area contributed by atoms with E-state index in [0.29, 0.717) is 19.6 Å². The molecule has 3 saturated heterocycles. The molecule has 1 aromatic heterocycles. The first kappa shape index (κ1) is 18.4. The zero-order valence-corrected chi connectivity index (χ0v) is 15.9. The molecule has 3 aliphatic heterocycles. The van der Waals surface area contributed by atoms with Crippen molar-refractivity contribution in [1.29, 1.82) is 0 Å². The number of carbonyl (C=O) groups excluding carboxylic acids is 2. The highest BCUT2D eigenvalue weighted by Gasteiger charge is 2.42. The number of amides is 2. The molecule has 1 atom stereocenters. The molecule has 4 heterocycles. The monoisotopic (exact) mass is 371 g/mol. The fourth-order valence-corrected chi connectivity index (χ4v) is 4.68. The zero-order chi connectivity index (χ0) is 18.7. The first-order valence-electron chi connectivity index (χ1n) is 10.2. The normalized spacial score (nSPS) is 25.6. The van der Waals surface area contributed by atoms with Crippen LogP contribution in [0.25, 0.3) is 0 Å². The summed E-state index contributed by atoms with van der Waals surface area (Å²) in [6.07, 6.45) is 8.02. The molecule has 1 aromatic rings. The van der Waals surface area contributed by atoms with Gasteiger partial charge in [0, 0.05) is 38.9 Å². The molecule has 3 fully saturated rings. The molecule has 0 aliphatic carbocycles. The van der Waals surface area contributed by atoms with Crippen molar-refractivity contribution < 1.29 is 14.3 Å². The largest absolute Gasteiger partial charge is 0.368 e. The van der Waals surface area contributed by atoms with Crippen molar-refractivity contribution >= 4 is 11.8 Å². The third-order valence-electron chi connectivity index (χ3n) is 6.42. The van der Waals surface area contributed by atoms with E-state index in [4.69, 9.17) is 4.74 Å². The number of aromatic nitrogens is 1. The van der Waals surface area contributed by atoms with Crippen LogP contribution in [0.5, 0.6) is 0 Å². The lowest BCUT2D eigenvalue weighted by molar-refractivity contribution is -0.151. The van der Waals surface area contributed by atoms with Gasteiger partial charge in [0.25, 0.3) is 5.91 Å². The van der Waals surface area contributed by atoms with Gasteiger partial charge >= 0.3 is 0 Å². The molecule has 0 aromatic carbocycles. The maximum absolute atomic E-state index is 12.7. The summed E-state index contributed by atoms with van der Waals surface area (Å²) in [5.74, 6) is 0.391. The molecule has 146 valence electrons. The Morgan fingerprint density at radius 2 is 2.07 bits per heavy atom. The SMILES string of the molecule is O=C1CCC2(CCN(C(=O)[C@@H]3CCCCO3)CC2)CN1Cc1ccccn1. The maximum Gasteiger partial charge on any atom is 0.251 e. The minimum Gasteiger partial charge on any atom is -0.368 e. The zero-order valence-electron chi connectivity index (χ0n) is 15.9. The predicted molar refractivity (Wildman–Crippen MR) is 101 cm³/mol. The summed E-state index contributed by atoms with van der Waals surface area (Å²) >= 11 is 0. The van der Waals surface area contributed by atoms with Gasteiger partial charge in [-0.05, 0) is 56.1 Å². The predicted octanol–water partition coefficient (Wildman–Crippen LogP) is 2.38. The van der Waals surface area contributed by atoms with Crippen LogP contribution in [0.2, 0.25) is 0 Å². The van der Waals surface area contributed by atoms with Gasteiger partial charge in [-0.3, -0.25) is 14.6 Å². The quantitative estimate of drug-likeness (QED) is 0.818. The Balaban J connectivity index is 1.35. The Hall–Kier alpha value is -1.95. The lowest BCUT2D eigenvalue weighted by atomic mass is 9.72. The molecule has 27 heavy (non-hydrogen) atoms. The maximum atomic E-state index is 12.7. The topological polar surface area (TPSA) is 62.7 Å². The summed E-state index contributed by atoms with van der Waals surface area (Å²) in [4.78, 5) is 33.5. The van der Waals surface area contributed by atoms with E-state index in [0.717, 1.165) is 63.9 Å². The number of carbonyl (C=O) groups is 2. The van der Waals surface area contributed by atoms with Crippen LogP contribution in [0.1, 0.15) is 50.6 Å². The molecule has 1 spiro atoms. The van der Waals surface area contributed by atoms with E-state index in [1.54, 1.807) is 6.20 Å². The number of hydrogen-bond acceptors (Lipinski definition) is 4. The molecule has 0 unspecified atom stereocenters.